The van der Waals surface area contributed by atoms with E-state index in [1.165, 1.54) is 0 Å². The summed E-state index contributed by atoms with van der Waals surface area (Å²) in [6.07, 6.45) is 9.15. The number of methoxy groups -OCH3 is 1. The Morgan fingerprint density at radius 1 is 1.14 bits per heavy atom. The number of hydrogen-bond acceptors (Lipinski definition) is 4. The molecule has 1 heterocycles. The lowest BCUT2D eigenvalue weighted by molar-refractivity contribution is -0.136. The number of benzene rings is 1. The second-order valence-electron chi connectivity index (χ2n) is 7.85. The van der Waals surface area contributed by atoms with Crippen LogP contribution in [0.25, 0.3) is 5.57 Å². The van der Waals surface area contributed by atoms with Crippen molar-refractivity contribution < 1.29 is 14.6 Å². The van der Waals surface area contributed by atoms with E-state index in [0.29, 0.717) is 6.10 Å². The quantitative estimate of drug-likeness (QED) is 0.331. The number of rotatable bonds is 10. The van der Waals surface area contributed by atoms with Gasteiger partial charge in [-0.1, -0.05) is 77.6 Å². The van der Waals surface area contributed by atoms with Gasteiger partial charge in [0.2, 0.25) is 0 Å². The maximum absolute atomic E-state index is 11.3. The number of carboxylic acids is 1. The molecule has 5 heteroatoms. The normalized spacial score (nSPS) is 15.7. The monoisotopic (exact) mass is 484 g/mol. The summed E-state index contributed by atoms with van der Waals surface area (Å²) < 4.78 is 5.49. The highest BCUT2D eigenvalue weighted by Gasteiger charge is 2.20. The van der Waals surface area contributed by atoms with Crippen molar-refractivity contribution in [2.45, 2.75) is 80.3 Å². The van der Waals surface area contributed by atoms with Crippen LogP contribution in [0.4, 0.5) is 5.69 Å². The Balaban J connectivity index is 0.00000274. The maximum atomic E-state index is 11.3. The zero-order valence-corrected chi connectivity index (χ0v) is 23.3. The number of allylic oxidation sites excluding steroid dienone is 6. The van der Waals surface area contributed by atoms with Gasteiger partial charge >= 0.3 is 5.97 Å². The molecular weight excluding hydrogens is 436 g/mol. The van der Waals surface area contributed by atoms with Gasteiger partial charge in [-0.3, -0.25) is 4.79 Å². The highest BCUT2D eigenvalue weighted by molar-refractivity contribution is 5.86. The summed E-state index contributed by atoms with van der Waals surface area (Å²) in [5, 5.41) is 11.5. The molecule has 1 saturated heterocycles. The Labute approximate surface area is 214 Å². The molecule has 0 radical (unpaired) electrons. The number of nitrogens with one attached hydrogen (secondary N) is 1. The van der Waals surface area contributed by atoms with Gasteiger partial charge in [-0.05, 0) is 61.5 Å². The number of piperidine rings is 1. The number of nitrogens with zero attached hydrogens (tertiary/aromatic N) is 1. The van der Waals surface area contributed by atoms with Crippen LogP contribution in [-0.2, 0) is 9.53 Å². The Kier molecular flexibility index (Phi) is 17.3. The van der Waals surface area contributed by atoms with Gasteiger partial charge in [-0.2, -0.15) is 0 Å². The molecule has 196 valence electrons. The number of hydrazine groups is 1. The second kappa shape index (κ2) is 18.7. The minimum Gasteiger partial charge on any atom is -0.481 e. The van der Waals surface area contributed by atoms with E-state index in [4.69, 9.17) is 4.74 Å². The molecule has 0 amide bonds. The molecule has 35 heavy (non-hydrogen) atoms. The first-order valence-electron chi connectivity index (χ1n) is 13.0. The molecule has 1 fully saturated rings. The number of ether oxygens (including phenoxy) is 1. The van der Waals surface area contributed by atoms with Gasteiger partial charge in [-0.25, -0.2) is 5.01 Å². The van der Waals surface area contributed by atoms with Crippen molar-refractivity contribution in [2.75, 3.05) is 25.6 Å². The highest BCUT2D eigenvalue weighted by Crippen LogP contribution is 2.32. The third-order valence-electron chi connectivity index (χ3n) is 5.83. The predicted octanol–water partition coefficient (Wildman–Crippen LogP) is 7.89. The van der Waals surface area contributed by atoms with E-state index in [1.54, 1.807) is 13.2 Å². The van der Waals surface area contributed by atoms with Crippen LogP contribution in [0, 0.1) is 0 Å². The largest absolute Gasteiger partial charge is 0.481 e. The second-order valence-corrected chi connectivity index (χ2v) is 7.85. The molecule has 0 saturated carbocycles. The van der Waals surface area contributed by atoms with Crippen molar-refractivity contribution in [3.8, 4) is 0 Å². The van der Waals surface area contributed by atoms with E-state index in [0.717, 1.165) is 65.9 Å². The Hall–Kier alpha value is -2.63. The molecule has 0 spiro atoms. The number of aliphatic carboxylic acids is 1. The molecule has 2 N–H and O–H groups in total. The minimum atomic E-state index is -0.853. The highest BCUT2D eigenvalue weighted by atomic mass is 16.5. The molecule has 5 nitrogen and oxygen atoms in total. The molecule has 0 aromatic heterocycles. The van der Waals surface area contributed by atoms with Gasteiger partial charge in [0.05, 0.1) is 18.2 Å². The molecule has 0 bridgehead atoms. The van der Waals surface area contributed by atoms with Gasteiger partial charge in [0, 0.05) is 25.8 Å². The van der Waals surface area contributed by atoms with E-state index >= 15 is 0 Å². The first-order valence-corrected chi connectivity index (χ1v) is 13.0. The van der Waals surface area contributed by atoms with E-state index in [2.05, 4.69) is 55.1 Å². The molecule has 1 aromatic rings. The van der Waals surface area contributed by atoms with Gasteiger partial charge in [0.1, 0.15) is 0 Å². The van der Waals surface area contributed by atoms with Gasteiger partial charge in [0.15, 0.2) is 0 Å². The van der Waals surface area contributed by atoms with E-state index in [-0.39, 0.29) is 6.42 Å². The van der Waals surface area contributed by atoms with Crippen LogP contribution in [-0.4, -0.2) is 42.4 Å². The fraction of sp³-hybridized carbons (Fsp3) is 0.500. The molecule has 1 aliphatic rings. The average molecular weight is 485 g/mol. The van der Waals surface area contributed by atoms with Gasteiger partial charge in [-0.15, -0.1) is 0 Å². The SMILES string of the molecule is C=C/C(CC(=O)O)=C(C)/C(C)=C(\C=C/CC)c1ccccc1NN1CCC(OC)CC1.CC.CC. The Morgan fingerprint density at radius 2 is 1.74 bits per heavy atom. The summed E-state index contributed by atoms with van der Waals surface area (Å²) in [6.45, 7) is 19.8. The van der Waals surface area contributed by atoms with Crippen molar-refractivity contribution in [3.63, 3.8) is 0 Å². The lowest BCUT2D eigenvalue weighted by Gasteiger charge is -2.32. The van der Waals surface area contributed by atoms with Crippen LogP contribution in [0.2, 0.25) is 0 Å². The van der Waals surface area contributed by atoms with Crippen LogP contribution in [0.15, 0.2) is 65.8 Å². The standard InChI is InChI=1S/C26H36N2O3.2C2H6/c1-6-8-11-23(20(4)19(3)21(7-2)18-26(29)30)24-12-9-10-13-25(24)27-28-16-14-22(31-5)15-17-28;2*1-2/h7-13,22,27H,2,6,14-18H2,1,3-5H3,(H,29,30);2*1-2H3/b11-8-,21-19-,23-20+;;. The zero-order chi connectivity index (χ0) is 26.8. The summed E-state index contributed by atoms with van der Waals surface area (Å²) in [6, 6.07) is 8.28. The Morgan fingerprint density at radius 3 is 2.26 bits per heavy atom. The lowest BCUT2D eigenvalue weighted by Crippen LogP contribution is -2.40. The molecular formula is C30H48N2O3. The summed E-state index contributed by atoms with van der Waals surface area (Å²) >= 11 is 0. The summed E-state index contributed by atoms with van der Waals surface area (Å²) in [5.74, 6) is -0.853. The van der Waals surface area contributed by atoms with Crippen molar-refractivity contribution in [2.24, 2.45) is 0 Å². The van der Waals surface area contributed by atoms with E-state index < -0.39 is 5.97 Å². The van der Waals surface area contributed by atoms with Crippen LogP contribution < -0.4 is 5.43 Å². The molecule has 0 atom stereocenters. The average Bonchev–Trinajstić information content (AvgIpc) is 2.90. The molecule has 2 rings (SSSR count). The minimum absolute atomic E-state index is 0.0359. The van der Waals surface area contributed by atoms with Crippen LogP contribution >= 0.6 is 0 Å². The molecule has 0 unspecified atom stereocenters. The van der Waals surface area contributed by atoms with Crippen LogP contribution in [0.3, 0.4) is 0 Å². The number of carboxylic acid groups (broad SMARTS) is 1. The first-order chi connectivity index (χ1) is 16.9. The summed E-state index contributed by atoms with van der Waals surface area (Å²) in [4.78, 5) is 11.3. The fourth-order valence-corrected chi connectivity index (χ4v) is 3.81. The fourth-order valence-electron chi connectivity index (χ4n) is 3.81. The molecule has 0 aliphatic carbocycles. The van der Waals surface area contributed by atoms with Crippen molar-refractivity contribution in [3.05, 3.63) is 71.4 Å². The molecule has 1 aliphatic heterocycles. The summed E-state index contributed by atoms with van der Waals surface area (Å²) in [7, 11) is 1.78. The predicted molar refractivity (Wildman–Crippen MR) is 152 cm³/mol. The van der Waals surface area contributed by atoms with Gasteiger partial charge in [0.25, 0.3) is 0 Å². The van der Waals surface area contributed by atoms with Gasteiger partial charge < -0.3 is 15.3 Å². The van der Waals surface area contributed by atoms with Crippen molar-refractivity contribution in [1.29, 1.82) is 0 Å². The lowest BCUT2D eigenvalue weighted by atomic mass is 9.91. The van der Waals surface area contributed by atoms with Crippen molar-refractivity contribution in [1.82, 2.24) is 5.01 Å². The molecule has 1 aromatic carbocycles. The van der Waals surface area contributed by atoms with E-state index in [1.807, 2.05) is 46.8 Å². The topological polar surface area (TPSA) is 61.8 Å². The first kappa shape index (κ1) is 32.4. The number of hydrogen-bond donors (Lipinski definition) is 2. The summed E-state index contributed by atoms with van der Waals surface area (Å²) in [5.41, 5.74) is 9.55. The number of para-hydroxylation sites is 1. The third-order valence-corrected chi connectivity index (χ3v) is 5.83. The number of carbonyl (C=O) groups is 1. The van der Waals surface area contributed by atoms with Crippen molar-refractivity contribution >= 4 is 17.2 Å². The third kappa shape index (κ3) is 10.7. The smallest absolute Gasteiger partial charge is 0.307 e. The van der Waals surface area contributed by atoms with Crippen LogP contribution in [0.5, 0.6) is 0 Å². The van der Waals surface area contributed by atoms with Crippen LogP contribution in [0.1, 0.15) is 79.7 Å². The van der Waals surface area contributed by atoms with E-state index in [9.17, 15) is 9.90 Å². The zero-order valence-electron chi connectivity index (χ0n) is 23.3. The Bertz CT molecular complexity index is 860. The number of anilines is 1. The maximum Gasteiger partial charge on any atom is 0.307 e.